The lowest BCUT2D eigenvalue weighted by Crippen LogP contribution is -2.17. The van der Waals surface area contributed by atoms with E-state index in [1.807, 2.05) is 19.2 Å². The topological polar surface area (TPSA) is 42.1 Å². The number of pyridine rings is 1. The molecule has 2 aromatic rings. The Hall–Kier alpha value is -1.94. The molecule has 0 aliphatic carbocycles. The largest absolute Gasteiger partial charge is 0.388 e. The van der Waals surface area contributed by atoms with Gasteiger partial charge in [-0.2, -0.15) is 0 Å². The molecule has 2 rings (SSSR count). The molecule has 2 N–H and O–H groups in total. The lowest BCUT2D eigenvalue weighted by molar-refractivity contribution is 0.917. The fourth-order valence-corrected chi connectivity index (χ4v) is 1.94. The van der Waals surface area contributed by atoms with Crippen molar-refractivity contribution in [1.82, 2.24) is 4.98 Å². The van der Waals surface area contributed by atoms with Crippen LogP contribution in [0.15, 0.2) is 42.6 Å². The summed E-state index contributed by atoms with van der Waals surface area (Å²) in [5, 5.41) is 0. The highest BCUT2D eigenvalue weighted by Crippen LogP contribution is 2.15. The Bertz CT molecular complexity index is 561. The summed E-state index contributed by atoms with van der Waals surface area (Å²) in [4.78, 5) is 6.71. The van der Waals surface area contributed by atoms with Gasteiger partial charge in [0.1, 0.15) is 4.99 Å². The maximum Gasteiger partial charge on any atom is 0.122 e. The van der Waals surface area contributed by atoms with Crippen LogP contribution in [-0.2, 0) is 6.54 Å². The molecule has 0 amide bonds. The molecule has 19 heavy (non-hydrogen) atoms. The second kappa shape index (κ2) is 5.80. The van der Waals surface area contributed by atoms with Crippen LogP contribution in [0.3, 0.4) is 0 Å². The van der Waals surface area contributed by atoms with E-state index in [1.54, 1.807) is 6.20 Å². The van der Waals surface area contributed by atoms with Gasteiger partial charge in [0, 0.05) is 13.6 Å². The van der Waals surface area contributed by atoms with Crippen LogP contribution in [0.25, 0.3) is 0 Å². The maximum atomic E-state index is 5.53. The first-order valence-electron chi connectivity index (χ1n) is 6.09. The number of aryl methyl sites for hydroxylation is 1. The van der Waals surface area contributed by atoms with Crippen LogP contribution in [0.5, 0.6) is 0 Å². The van der Waals surface area contributed by atoms with E-state index in [0.29, 0.717) is 10.7 Å². The fraction of sp³-hybridized carbons (Fsp3) is 0.200. The smallest absolute Gasteiger partial charge is 0.122 e. The summed E-state index contributed by atoms with van der Waals surface area (Å²) < 4.78 is 0. The number of aromatic nitrogens is 1. The molecule has 1 heterocycles. The van der Waals surface area contributed by atoms with E-state index in [0.717, 1.165) is 12.2 Å². The van der Waals surface area contributed by atoms with Crippen LogP contribution in [0, 0.1) is 6.92 Å². The van der Waals surface area contributed by atoms with Crippen LogP contribution < -0.4 is 10.6 Å². The van der Waals surface area contributed by atoms with Gasteiger partial charge < -0.3 is 10.6 Å². The molecule has 0 aliphatic rings. The zero-order chi connectivity index (χ0) is 13.8. The first kappa shape index (κ1) is 13.5. The number of anilines is 1. The summed E-state index contributed by atoms with van der Waals surface area (Å²) in [6.07, 6.45) is 1.79. The SMILES string of the molecule is Cc1ccc(CN(C)c2ccc(C(N)=S)nc2)cc1. The first-order valence-corrected chi connectivity index (χ1v) is 6.49. The van der Waals surface area contributed by atoms with Crippen LogP contribution in [0.2, 0.25) is 0 Å². The van der Waals surface area contributed by atoms with E-state index < -0.39 is 0 Å². The Morgan fingerprint density at radius 1 is 1.21 bits per heavy atom. The van der Waals surface area contributed by atoms with Gasteiger partial charge in [0.2, 0.25) is 0 Å². The molecular formula is C15H17N3S. The summed E-state index contributed by atoms with van der Waals surface area (Å²) >= 11 is 4.89. The maximum absolute atomic E-state index is 5.53. The summed E-state index contributed by atoms with van der Waals surface area (Å²) in [6.45, 7) is 2.93. The highest BCUT2D eigenvalue weighted by atomic mass is 32.1. The van der Waals surface area contributed by atoms with Crippen molar-refractivity contribution in [1.29, 1.82) is 0 Å². The summed E-state index contributed by atoms with van der Waals surface area (Å²) in [5.41, 5.74) is 9.77. The van der Waals surface area contributed by atoms with Gasteiger partial charge in [0.25, 0.3) is 0 Å². The lowest BCUT2D eigenvalue weighted by atomic mass is 10.1. The number of hydrogen-bond donors (Lipinski definition) is 1. The third kappa shape index (κ3) is 3.51. The fourth-order valence-electron chi connectivity index (χ4n) is 1.82. The van der Waals surface area contributed by atoms with E-state index in [1.165, 1.54) is 11.1 Å². The quantitative estimate of drug-likeness (QED) is 0.868. The number of nitrogens with zero attached hydrogens (tertiary/aromatic N) is 2. The van der Waals surface area contributed by atoms with Gasteiger partial charge in [-0.3, -0.25) is 4.98 Å². The molecule has 0 atom stereocenters. The molecule has 4 heteroatoms. The molecule has 0 radical (unpaired) electrons. The van der Waals surface area contributed by atoms with Crippen molar-refractivity contribution < 1.29 is 0 Å². The van der Waals surface area contributed by atoms with Crippen molar-refractivity contribution in [3.8, 4) is 0 Å². The summed E-state index contributed by atoms with van der Waals surface area (Å²) in [5.74, 6) is 0. The number of hydrogen-bond acceptors (Lipinski definition) is 3. The number of nitrogens with two attached hydrogens (primary N) is 1. The van der Waals surface area contributed by atoms with Gasteiger partial charge in [-0.15, -0.1) is 0 Å². The molecule has 0 saturated heterocycles. The molecule has 3 nitrogen and oxygen atoms in total. The van der Waals surface area contributed by atoms with E-state index in [-0.39, 0.29) is 0 Å². The Morgan fingerprint density at radius 3 is 2.42 bits per heavy atom. The Balaban J connectivity index is 2.09. The molecule has 1 aromatic carbocycles. The van der Waals surface area contributed by atoms with E-state index in [4.69, 9.17) is 18.0 Å². The molecule has 0 saturated carbocycles. The van der Waals surface area contributed by atoms with Crippen molar-refractivity contribution in [2.75, 3.05) is 11.9 Å². The molecule has 0 aliphatic heterocycles. The van der Waals surface area contributed by atoms with Crippen LogP contribution in [0.1, 0.15) is 16.8 Å². The predicted molar refractivity (Wildman–Crippen MR) is 83.4 cm³/mol. The third-order valence-electron chi connectivity index (χ3n) is 2.98. The summed E-state index contributed by atoms with van der Waals surface area (Å²) in [7, 11) is 2.04. The van der Waals surface area contributed by atoms with E-state index in [2.05, 4.69) is 41.1 Å². The van der Waals surface area contributed by atoms with Crippen LogP contribution >= 0.6 is 12.2 Å². The van der Waals surface area contributed by atoms with Gasteiger partial charge in [-0.25, -0.2) is 0 Å². The van der Waals surface area contributed by atoms with Gasteiger partial charge in [-0.1, -0.05) is 42.0 Å². The molecule has 0 bridgehead atoms. The molecule has 1 aromatic heterocycles. The van der Waals surface area contributed by atoms with Crippen molar-refractivity contribution >= 4 is 22.9 Å². The molecule has 0 unspecified atom stereocenters. The second-order valence-electron chi connectivity index (χ2n) is 4.61. The molecule has 0 fully saturated rings. The minimum Gasteiger partial charge on any atom is -0.388 e. The highest BCUT2D eigenvalue weighted by molar-refractivity contribution is 7.80. The summed E-state index contributed by atoms with van der Waals surface area (Å²) in [6, 6.07) is 12.4. The average Bonchev–Trinajstić information content (AvgIpc) is 2.41. The van der Waals surface area contributed by atoms with Gasteiger partial charge in [0.05, 0.1) is 17.6 Å². The second-order valence-corrected chi connectivity index (χ2v) is 5.05. The molecule has 98 valence electrons. The standard InChI is InChI=1S/C15H17N3S/c1-11-3-5-12(6-4-11)10-18(2)13-7-8-14(15(16)19)17-9-13/h3-9H,10H2,1-2H3,(H2,16,19). The monoisotopic (exact) mass is 271 g/mol. The Labute approximate surface area is 119 Å². The zero-order valence-corrected chi connectivity index (χ0v) is 11.9. The molecular weight excluding hydrogens is 254 g/mol. The van der Waals surface area contributed by atoms with Crippen molar-refractivity contribution in [3.63, 3.8) is 0 Å². The predicted octanol–water partition coefficient (Wildman–Crippen LogP) is 2.66. The first-order chi connectivity index (χ1) is 9.06. The van der Waals surface area contributed by atoms with Crippen molar-refractivity contribution in [3.05, 3.63) is 59.4 Å². The normalized spacial score (nSPS) is 10.2. The highest BCUT2D eigenvalue weighted by Gasteiger charge is 2.04. The third-order valence-corrected chi connectivity index (χ3v) is 3.19. The Kier molecular flexibility index (Phi) is 4.12. The van der Waals surface area contributed by atoms with Crippen molar-refractivity contribution in [2.45, 2.75) is 13.5 Å². The number of rotatable bonds is 4. The number of benzene rings is 1. The van der Waals surface area contributed by atoms with Gasteiger partial charge in [-0.05, 0) is 24.6 Å². The zero-order valence-electron chi connectivity index (χ0n) is 11.1. The number of thiocarbonyl (C=S) groups is 1. The van der Waals surface area contributed by atoms with Crippen molar-refractivity contribution in [2.24, 2.45) is 5.73 Å². The minimum absolute atomic E-state index is 0.327. The van der Waals surface area contributed by atoms with E-state index in [9.17, 15) is 0 Å². The minimum atomic E-state index is 0.327. The van der Waals surface area contributed by atoms with Crippen LogP contribution in [0.4, 0.5) is 5.69 Å². The lowest BCUT2D eigenvalue weighted by Gasteiger charge is -2.19. The van der Waals surface area contributed by atoms with E-state index >= 15 is 0 Å². The molecule has 0 spiro atoms. The average molecular weight is 271 g/mol. The van der Waals surface area contributed by atoms with Gasteiger partial charge in [0.15, 0.2) is 0 Å². The van der Waals surface area contributed by atoms with Crippen LogP contribution in [-0.4, -0.2) is 17.0 Å². The van der Waals surface area contributed by atoms with Gasteiger partial charge >= 0.3 is 0 Å². The Morgan fingerprint density at radius 2 is 1.89 bits per heavy atom.